The largest absolute Gasteiger partial charge is 0.507 e. The van der Waals surface area contributed by atoms with Crippen molar-refractivity contribution in [3.05, 3.63) is 22.7 Å². The maximum atomic E-state index is 12.4. The SMILES string of the molecule is O=C(Nc1ccc(Br)c(O)c1)C1CCN(C(=O)N2CCCC2)CC1. The van der Waals surface area contributed by atoms with Gasteiger partial charge >= 0.3 is 6.03 Å². The average Bonchev–Trinajstić information content (AvgIpc) is 3.12. The number of halogens is 1. The van der Waals surface area contributed by atoms with E-state index in [1.807, 2.05) is 9.80 Å². The Balaban J connectivity index is 1.51. The summed E-state index contributed by atoms with van der Waals surface area (Å²) >= 11 is 3.22. The Bertz CT molecular complexity index is 624. The number of likely N-dealkylation sites (tertiary alicyclic amines) is 2. The molecule has 6 nitrogen and oxygen atoms in total. The van der Waals surface area contributed by atoms with Crippen molar-refractivity contribution in [3.8, 4) is 5.75 Å². The van der Waals surface area contributed by atoms with Gasteiger partial charge in [-0.1, -0.05) is 0 Å². The van der Waals surface area contributed by atoms with Crippen LogP contribution in [0.4, 0.5) is 10.5 Å². The predicted octanol–water partition coefficient (Wildman–Crippen LogP) is 3.02. The van der Waals surface area contributed by atoms with Crippen LogP contribution in [0.2, 0.25) is 0 Å². The lowest BCUT2D eigenvalue weighted by Gasteiger charge is -2.34. The summed E-state index contributed by atoms with van der Waals surface area (Å²) in [5, 5.41) is 12.5. The summed E-state index contributed by atoms with van der Waals surface area (Å²) in [6, 6.07) is 5.08. The van der Waals surface area contributed by atoms with Gasteiger partial charge in [-0.25, -0.2) is 4.79 Å². The Morgan fingerprint density at radius 3 is 2.33 bits per heavy atom. The van der Waals surface area contributed by atoms with Crippen molar-refractivity contribution < 1.29 is 14.7 Å². The van der Waals surface area contributed by atoms with Crippen molar-refractivity contribution in [2.45, 2.75) is 25.7 Å². The van der Waals surface area contributed by atoms with Crippen LogP contribution in [0.1, 0.15) is 25.7 Å². The number of aromatic hydroxyl groups is 1. The van der Waals surface area contributed by atoms with Crippen LogP contribution in [-0.4, -0.2) is 53.0 Å². The second kappa shape index (κ2) is 7.42. The van der Waals surface area contributed by atoms with Gasteiger partial charge in [-0.15, -0.1) is 0 Å². The monoisotopic (exact) mass is 395 g/mol. The summed E-state index contributed by atoms with van der Waals surface area (Å²) in [4.78, 5) is 28.5. The van der Waals surface area contributed by atoms with Crippen molar-refractivity contribution in [1.82, 2.24) is 9.80 Å². The maximum Gasteiger partial charge on any atom is 0.319 e. The van der Waals surface area contributed by atoms with E-state index in [1.165, 1.54) is 6.07 Å². The van der Waals surface area contributed by atoms with E-state index in [4.69, 9.17) is 0 Å². The summed E-state index contributed by atoms with van der Waals surface area (Å²) in [5.74, 6) is -0.0535. The molecule has 0 spiro atoms. The van der Waals surface area contributed by atoms with Gasteiger partial charge in [0.05, 0.1) is 4.47 Å². The number of nitrogens with one attached hydrogen (secondary N) is 1. The Kier molecular flexibility index (Phi) is 5.28. The molecular formula is C17H22BrN3O3. The molecule has 1 aromatic carbocycles. The second-order valence-electron chi connectivity index (χ2n) is 6.39. The third-order valence-corrected chi connectivity index (χ3v) is 5.40. The van der Waals surface area contributed by atoms with Gasteiger partial charge in [0.25, 0.3) is 0 Å². The molecule has 0 aliphatic carbocycles. The van der Waals surface area contributed by atoms with Gasteiger partial charge in [-0.2, -0.15) is 0 Å². The molecule has 2 N–H and O–H groups in total. The molecule has 0 atom stereocenters. The first-order valence-corrected chi connectivity index (χ1v) is 9.17. The Morgan fingerprint density at radius 2 is 1.71 bits per heavy atom. The second-order valence-corrected chi connectivity index (χ2v) is 7.25. The fourth-order valence-electron chi connectivity index (χ4n) is 3.28. The number of piperidine rings is 1. The molecule has 2 aliphatic heterocycles. The topological polar surface area (TPSA) is 72.9 Å². The van der Waals surface area contributed by atoms with E-state index in [2.05, 4.69) is 21.2 Å². The van der Waals surface area contributed by atoms with Crippen molar-refractivity contribution >= 4 is 33.6 Å². The molecule has 2 fully saturated rings. The van der Waals surface area contributed by atoms with Crippen LogP contribution in [0.5, 0.6) is 5.75 Å². The van der Waals surface area contributed by atoms with Gasteiger partial charge in [-0.05, 0) is 53.7 Å². The number of phenols is 1. The van der Waals surface area contributed by atoms with E-state index >= 15 is 0 Å². The molecule has 0 radical (unpaired) electrons. The Hall–Kier alpha value is -1.76. The van der Waals surface area contributed by atoms with Crippen molar-refractivity contribution in [2.75, 3.05) is 31.5 Å². The van der Waals surface area contributed by atoms with Crippen LogP contribution < -0.4 is 5.32 Å². The first kappa shape index (κ1) is 17.1. The Labute approximate surface area is 149 Å². The number of rotatable bonds is 2. The summed E-state index contributed by atoms with van der Waals surface area (Å²) < 4.78 is 0.592. The maximum absolute atomic E-state index is 12.4. The fraction of sp³-hybridized carbons (Fsp3) is 0.529. The lowest BCUT2D eigenvalue weighted by atomic mass is 9.96. The third-order valence-electron chi connectivity index (χ3n) is 4.73. The van der Waals surface area contributed by atoms with E-state index in [1.54, 1.807) is 12.1 Å². The van der Waals surface area contributed by atoms with Crippen LogP contribution in [0.3, 0.4) is 0 Å². The van der Waals surface area contributed by atoms with Gasteiger partial charge < -0.3 is 20.2 Å². The molecule has 1 aromatic rings. The van der Waals surface area contributed by atoms with Crippen LogP contribution in [-0.2, 0) is 4.79 Å². The normalized spacial score (nSPS) is 18.7. The highest BCUT2D eigenvalue weighted by molar-refractivity contribution is 9.10. The summed E-state index contributed by atoms with van der Waals surface area (Å²) in [5.41, 5.74) is 0.580. The zero-order valence-electron chi connectivity index (χ0n) is 13.5. The highest BCUT2D eigenvalue weighted by Crippen LogP contribution is 2.28. The number of carbonyl (C=O) groups excluding carboxylic acids is 2. The molecule has 0 bridgehead atoms. The van der Waals surface area contributed by atoms with E-state index in [0.717, 1.165) is 25.9 Å². The first-order valence-electron chi connectivity index (χ1n) is 8.38. The molecule has 2 saturated heterocycles. The number of amides is 3. The molecule has 3 rings (SSSR count). The van der Waals surface area contributed by atoms with Crippen LogP contribution in [0, 0.1) is 5.92 Å². The fourth-order valence-corrected chi connectivity index (χ4v) is 3.52. The van der Waals surface area contributed by atoms with Crippen LogP contribution in [0.15, 0.2) is 22.7 Å². The van der Waals surface area contributed by atoms with Crippen molar-refractivity contribution in [1.29, 1.82) is 0 Å². The van der Waals surface area contributed by atoms with Gasteiger partial charge in [0.1, 0.15) is 5.75 Å². The zero-order valence-corrected chi connectivity index (χ0v) is 15.1. The Morgan fingerprint density at radius 1 is 1.08 bits per heavy atom. The minimum absolute atomic E-state index is 0.0509. The minimum atomic E-state index is -0.0987. The number of benzene rings is 1. The van der Waals surface area contributed by atoms with E-state index in [-0.39, 0.29) is 23.6 Å². The number of hydrogen-bond donors (Lipinski definition) is 2. The van der Waals surface area contributed by atoms with Crippen LogP contribution in [0.25, 0.3) is 0 Å². The smallest absolute Gasteiger partial charge is 0.319 e. The molecular weight excluding hydrogens is 374 g/mol. The number of urea groups is 1. The number of anilines is 1. The van der Waals surface area contributed by atoms with E-state index in [0.29, 0.717) is 36.1 Å². The quantitative estimate of drug-likeness (QED) is 0.807. The van der Waals surface area contributed by atoms with Gasteiger partial charge in [0.15, 0.2) is 0 Å². The molecule has 0 unspecified atom stereocenters. The molecule has 130 valence electrons. The van der Waals surface area contributed by atoms with Gasteiger partial charge in [0.2, 0.25) is 5.91 Å². The number of phenolic OH excluding ortho intramolecular Hbond substituents is 1. The molecule has 24 heavy (non-hydrogen) atoms. The zero-order chi connectivity index (χ0) is 17.1. The lowest BCUT2D eigenvalue weighted by molar-refractivity contribution is -0.121. The average molecular weight is 396 g/mol. The van der Waals surface area contributed by atoms with E-state index < -0.39 is 0 Å². The number of carbonyl (C=O) groups is 2. The van der Waals surface area contributed by atoms with Crippen molar-refractivity contribution in [2.24, 2.45) is 5.92 Å². The summed E-state index contributed by atoms with van der Waals surface area (Å²) in [7, 11) is 0. The molecule has 7 heteroatoms. The standard InChI is InChI=1S/C17H22BrN3O3/c18-14-4-3-13(11-15(14)22)19-16(23)12-5-9-21(10-6-12)17(24)20-7-1-2-8-20/h3-4,11-12,22H,1-2,5-10H2,(H,19,23). The number of nitrogens with zero attached hydrogens (tertiary/aromatic N) is 2. The van der Waals surface area contributed by atoms with Gasteiger partial charge in [0, 0.05) is 43.9 Å². The summed E-state index contributed by atoms with van der Waals surface area (Å²) in [6.45, 7) is 2.95. The highest BCUT2D eigenvalue weighted by atomic mass is 79.9. The minimum Gasteiger partial charge on any atom is -0.507 e. The summed E-state index contributed by atoms with van der Waals surface area (Å²) in [6.07, 6.45) is 3.52. The molecule has 3 amide bonds. The number of hydrogen-bond acceptors (Lipinski definition) is 3. The van der Waals surface area contributed by atoms with Gasteiger partial charge in [-0.3, -0.25) is 4.79 Å². The lowest BCUT2D eigenvalue weighted by Crippen LogP contribution is -2.47. The molecule has 0 saturated carbocycles. The molecule has 2 heterocycles. The first-order chi connectivity index (χ1) is 11.5. The molecule has 0 aromatic heterocycles. The predicted molar refractivity (Wildman–Crippen MR) is 94.9 cm³/mol. The highest BCUT2D eigenvalue weighted by Gasteiger charge is 2.30. The third kappa shape index (κ3) is 3.83. The van der Waals surface area contributed by atoms with Crippen LogP contribution >= 0.6 is 15.9 Å². The molecule has 2 aliphatic rings. The van der Waals surface area contributed by atoms with Crippen molar-refractivity contribution in [3.63, 3.8) is 0 Å². The van der Waals surface area contributed by atoms with E-state index in [9.17, 15) is 14.7 Å².